The fraction of sp³-hybridized carbons (Fsp3) is 0.381. The molecule has 1 fully saturated rings. The quantitative estimate of drug-likeness (QED) is 0.678. The van der Waals surface area contributed by atoms with Crippen LogP contribution in [0.3, 0.4) is 0 Å². The SMILES string of the molecule is COc1cc(CCN(C(=O)c2ccc(Cl)cc2)C2CC2)cc(OC)c1OC. The molecule has 0 bridgehead atoms. The van der Waals surface area contributed by atoms with Gasteiger partial charge in [-0.25, -0.2) is 0 Å². The molecule has 1 saturated carbocycles. The molecule has 0 aliphatic heterocycles. The highest BCUT2D eigenvalue weighted by Crippen LogP contribution is 2.38. The van der Waals surface area contributed by atoms with Crippen LogP contribution in [0.15, 0.2) is 36.4 Å². The van der Waals surface area contributed by atoms with Gasteiger partial charge in [0, 0.05) is 23.2 Å². The summed E-state index contributed by atoms with van der Waals surface area (Å²) in [6.07, 6.45) is 2.80. The summed E-state index contributed by atoms with van der Waals surface area (Å²) in [6, 6.07) is 11.2. The molecule has 0 radical (unpaired) electrons. The van der Waals surface area contributed by atoms with Crippen molar-refractivity contribution >= 4 is 17.5 Å². The van der Waals surface area contributed by atoms with Crippen molar-refractivity contribution < 1.29 is 19.0 Å². The van der Waals surface area contributed by atoms with Gasteiger partial charge in [0.15, 0.2) is 11.5 Å². The molecule has 5 nitrogen and oxygen atoms in total. The molecular weight excluding hydrogens is 366 g/mol. The lowest BCUT2D eigenvalue weighted by molar-refractivity contribution is 0.0745. The van der Waals surface area contributed by atoms with Crippen LogP contribution >= 0.6 is 11.6 Å². The highest BCUT2D eigenvalue weighted by Gasteiger charge is 2.32. The van der Waals surface area contributed by atoms with E-state index in [-0.39, 0.29) is 5.91 Å². The van der Waals surface area contributed by atoms with Crippen molar-refractivity contribution in [2.24, 2.45) is 0 Å². The van der Waals surface area contributed by atoms with Crippen LogP contribution < -0.4 is 14.2 Å². The summed E-state index contributed by atoms with van der Waals surface area (Å²) >= 11 is 5.93. The average molecular weight is 390 g/mol. The number of ether oxygens (including phenoxy) is 3. The predicted octanol–water partition coefficient (Wildman–Crippen LogP) is 4.21. The molecule has 2 aromatic rings. The number of carbonyl (C=O) groups excluding carboxylic acids is 1. The van der Waals surface area contributed by atoms with E-state index in [1.54, 1.807) is 45.6 Å². The number of nitrogens with zero attached hydrogens (tertiary/aromatic N) is 1. The second-order valence-electron chi connectivity index (χ2n) is 6.52. The van der Waals surface area contributed by atoms with E-state index in [1.807, 2.05) is 17.0 Å². The van der Waals surface area contributed by atoms with Crippen LogP contribution in [-0.4, -0.2) is 44.7 Å². The van der Waals surface area contributed by atoms with Crippen molar-refractivity contribution in [3.8, 4) is 17.2 Å². The number of hydrogen-bond acceptors (Lipinski definition) is 4. The van der Waals surface area contributed by atoms with Crippen LogP contribution in [0.4, 0.5) is 0 Å². The molecule has 0 unspecified atom stereocenters. The fourth-order valence-corrected chi connectivity index (χ4v) is 3.25. The Morgan fingerprint density at radius 2 is 1.63 bits per heavy atom. The van der Waals surface area contributed by atoms with Gasteiger partial charge in [0.2, 0.25) is 5.75 Å². The van der Waals surface area contributed by atoms with Gasteiger partial charge in [-0.2, -0.15) is 0 Å². The highest BCUT2D eigenvalue weighted by atomic mass is 35.5. The van der Waals surface area contributed by atoms with E-state index in [0.717, 1.165) is 18.4 Å². The number of rotatable bonds is 8. The molecule has 0 N–H and O–H groups in total. The van der Waals surface area contributed by atoms with E-state index in [1.165, 1.54) is 0 Å². The Bertz CT molecular complexity index is 777. The molecule has 144 valence electrons. The van der Waals surface area contributed by atoms with Gasteiger partial charge >= 0.3 is 0 Å². The van der Waals surface area contributed by atoms with Crippen LogP contribution in [0.25, 0.3) is 0 Å². The third-order valence-corrected chi connectivity index (χ3v) is 4.96. The lowest BCUT2D eigenvalue weighted by Crippen LogP contribution is -2.34. The molecule has 0 aromatic heterocycles. The Hall–Kier alpha value is -2.40. The molecular formula is C21H24ClNO4. The first-order valence-corrected chi connectivity index (χ1v) is 9.30. The highest BCUT2D eigenvalue weighted by molar-refractivity contribution is 6.30. The van der Waals surface area contributed by atoms with Gasteiger partial charge in [-0.05, 0) is 61.2 Å². The van der Waals surface area contributed by atoms with E-state index >= 15 is 0 Å². The van der Waals surface area contributed by atoms with Gasteiger partial charge in [-0.3, -0.25) is 4.79 Å². The van der Waals surface area contributed by atoms with Gasteiger partial charge in [-0.1, -0.05) is 11.6 Å². The number of benzene rings is 2. The minimum absolute atomic E-state index is 0.0432. The van der Waals surface area contributed by atoms with Crippen LogP contribution in [0.1, 0.15) is 28.8 Å². The largest absolute Gasteiger partial charge is 0.493 e. The van der Waals surface area contributed by atoms with Crippen LogP contribution in [0.2, 0.25) is 5.02 Å². The van der Waals surface area contributed by atoms with Gasteiger partial charge < -0.3 is 19.1 Å². The molecule has 2 aromatic carbocycles. The Kier molecular flexibility index (Phi) is 6.11. The maximum absolute atomic E-state index is 12.9. The van der Waals surface area contributed by atoms with Gasteiger partial charge in [0.25, 0.3) is 5.91 Å². The van der Waals surface area contributed by atoms with Crippen LogP contribution in [-0.2, 0) is 6.42 Å². The number of methoxy groups -OCH3 is 3. The number of halogens is 1. The first-order chi connectivity index (χ1) is 13.1. The Balaban J connectivity index is 1.77. The standard InChI is InChI=1S/C21H24ClNO4/c1-25-18-12-14(13-19(26-2)20(18)27-3)10-11-23(17-8-9-17)21(24)15-4-6-16(22)7-5-15/h4-7,12-13,17H,8-11H2,1-3H3. The summed E-state index contributed by atoms with van der Waals surface area (Å²) in [7, 11) is 4.78. The molecule has 6 heteroatoms. The zero-order valence-corrected chi connectivity index (χ0v) is 16.6. The lowest BCUT2D eigenvalue weighted by atomic mass is 10.1. The van der Waals surface area contributed by atoms with Crippen LogP contribution in [0, 0.1) is 0 Å². The smallest absolute Gasteiger partial charge is 0.254 e. The second-order valence-corrected chi connectivity index (χ2v) is 6.96. The summed E-state index contributed by atoms with van der Waals surface area (Å²) in [5, 5.41) is 0.627. The van der Waals surface area contributed by atoms with Crippen molar-refractivity contribution in [1.29, 1.82) is 0 Å². The second kappa shape index (κ2) is 8.53. The van der Waals surface area contributed by atoms with Gasteiger partial charge in [0.05, 0.1) is 21.3 Å². The molecule has 1 aliphatic rings. The third kappa shape index (κ3) is 4.48. The molecule has 0 spiro atoms. The maximum Gasteiger partial charge on any atom is 0.254 e. The number of amides is 1. The Morgan fingerprint density at radius 3 is 2.11 bits per heavy atom. The minimum Gasteiger partial charge on any atom is -0.493 e. The molecule has 0 saturated heterocycles. The molecule has 3 rings (SSSR count). The van der Waals surface area contributed by atoms with Crippen LogP contribution in [0.5, 0.6) is 17.2 Å². The lowest BCUT2D eigenvalue weighted by Gasteiger charge is -2.23. The normalized spacial score (nSPS) is 13.2. The zero-order valence-electron chi connectivity index (χ0n) is 15.8. The van der Waals surface area contributed by atoms with E-state index in [9.17, 15) is 4.79 Å². The molecule has 1 aliphatic carbocycles. The molecule has 1 amide bonds. The monoisotopic (exact) mass is 389 g/mol. The van der Waals surface area contributed by atoms with Crippen molar-refractivity contribution in [3.63, 3.8) is 0 Å². The minimum atomic E-state index is 0.0432. The van der Waals surface area contributed by atoms with E-state index in [2.05, 4.69) is 0 Å². The Labute approximate surface area is 164 Å². The number of hydrogen-bond donors (Lipinski definition) is 0. The summed E-state index contributed by atoms with van der Waals surface area (Å²) < 4.78 is 16.2. The summed E-state index contributed by atoms with van der Waals surface area (Å²) in [5.74, 6) is 1.85. The Morgan fingerprint density at radius 1 is 1.04 bits per heavy atom. The average Bonchev–Trinajstić information content (AvgIpc) is 3.52. The predicted molar refractivity (Wildman–Crippen MR) is 105 cm³/mol. The van der Waals surface area contributed by atoms with E-state index in [0.29, 0.717) is 46.8 Å². The van der Waals surface area contributed by atoms with E-state index < -0.39 is 0 Å². The number of carbonyl (C=O) groups is 1. The van der Waals surface area contributed by atoms with Crippen molar-refractivity contribution in [3.05, 3.63) is 52.5 Å². The molecule has 0 heterocycles. The topological polar surface area (TPSA) is 48.0 Å². The fourth-order valence-electron chi connectivity index (χ4n) is 3.12. The molecule has 0 atom stereocenters. The van der Waals surface area contributed by atoms with Crippen molar-refractivity contribution in [2.75, 3.05) is 27.9 Å². The van der Waals surface area contributed by atoms with Gasteiger partial charge in [-0.15, -0.1) is 0 Å². The molecule has 27 heavy (non-hydrogen) atoms. The van der Waals surface area contributed by atoms with E-state index in [4.69, 9.17) is 25.8 Å². The maximum atomic E-state index is 12.9. The summed E-state index contributed by atoms with van der Waals surface area (Å²) in [6.45, 7) is 0.630. The van der Waals surface area contributed by atoms with Gasteiger partial charge in [0.1, 0.15) is 0 Å². The summed E-state index contributed by atoms with van der Waals surface area (Å²) in [4.78, 5) is 14.9. The first-order valence-electron chi connectivity index (χ1n) is 8.92. The third-order valence-electron chi connectivity index (χ3n) is 4.71. The first kappa shape index (κ1) is 19.4. The summed E-state index contributed by atoms with van der Waals surface area (Å²) in [5.41, 5.74) is 1.69. The van der Waals surface area contributed by atoms with Crippen molar-refractivity contribution in [1.82, 2.24) is 4.90 Å². The zero-order chi connectivity index (χ0) is 19.4. The van der Waals surface area contributed by atoms with Crippen molar-refractivity contribution in [2.45, 2.75) is 25.3 Å².